The first kappa shape index (κ1) is 15.8. The molecule has 0 aliphatic rings. The third-order valence-corrected chi connectivity index (χ3v) is 3.25. The van der Waals surface area contributed by atoms with E-state index < -0.39 is 38.0 Å². The maximum atomic E-state index is 11.7. The zero-order valence-electron chi connectivity index (χ0n) is 10.2. The molecule has 1 aromatic rings. The van der Waals surface area contributed by atoms with Crippen molar-refractivity contribution >= 4 is 21.6 Å². The standard InChI is InChI=1S/C9H11N3O7S/c1-18-8-3-2-6(4-7(8)12(14)15)20(16,17)11-19-5-9(10)13/h2-4,11H,5H2,1H3,(H2,10,13). The van der Waals surface area contributed by atoms with Gasteiger partial charge >= 0.3 is 5.69 Å². The lowest BCUT2D eigenvalue weighted by atomic mass is 10.3. The van der Waals surface area contributed by atoms with Crippen LogP contribution in [0.4, 0.5) is 5.69 Å². The van der Waals surface area contributed by atoms with Crippen LogP contribution in [0.15, 0.2) is 23.1 Å². The van der Waals surface area contributed by atoms with Gasteiger partial charge in [0.25, 0.3) is 10.0 Å². The SMILES string of the molecule is COc1ccc(S(=O)(=O)NOCC(N)=O)cc1[N+](=O)[O-]. The van der Waals surface area contributed by atoms with E-state index in [1.54, 1.807) is 4.89 Å². The average molecular weight is 305 g/mol. The number of hydrogen-bond acceptors (Lipinski definition) is 7. The molecule has 0 bridgehead atoms. The fourth-order valence-electron chi connectivity index (χ4n) is 1.21. The van der Waals surface area contributed by atoms with E-state index in [4.69, 9.17) is 10.5 Å². The summed E-state index contributed by atoms with van der Waals surface area (Å²) in [5.41, 5.74) is 4.23. The van der Waals surface area contributed by atoms with Crippen molar-refractivity contribution in [1.82, 2.24) is 4.89 Å². The van der Waals surface area contributed by atoms with E-state index in [-0.39, 0.29) is 5.75 Å². The predicted octanol–water partition coefficient (Wildman–Crippen LogP) is -0.701. The van der Waals surface area contributed by atoms with Gasteiger partial charge in [-0.15, -0.1) is 0 Å². The third-order valence-electron chi connectivity index (χ3n) is 2.04. The molecule has 0 saturated carbocycles. The molecule has 0 atom stereocenters. The monoisotopic (exact) mass is 305 g/mol. The van der Waals surface area contributed by atoms with Crippen LogP contribution in [0.25, 0.3) is 0 Å². The highest BCUT2D eigenvalue weighted by Crippen LogP contribution is 2.29. The molecule has 110 valence electrons. The highest BCUT2D eigenvalue weighted by atomic mass is 32.2. The number of nitrogens with zero attached hydrogens (tertiary/aromatic N) is 1. The van der Waals surface area contributed by atoms with Gasteiger partial charge in [-0.1, -0.05) is 4.89 Å². The van der Waals surface area contributed by atoms with Crippen LogP contribution in [0, 0.1) is 10.1 Å². The molecule has 0 heterocycles. The average Bonchev–Trinajstić information content (AvgIpc) is 2.37. The van der Waals surface area contributed by atoms with Crippen molar-refractivity contribution in [3.05, 3.63) is 28.3 Å². The second-order valence-corrected chi connectivity index (χ2v) is 5.08. The van der Waals surface area contributed by atoms with E-state index in [9.17, 15) is 23.3 Å². The highest BCUT2D eigenvalue weighted by Gasteiger charge is 2.22. The molecule has 0 fully saturated rings. The molecule has 20 heavy (non-hydrogen) atoms. The first-order chi connectivity index (χ1) is 9.27. The van der Waals surface area contributed by atoms with Crippen LogP contribution >= 0.6 is 0 Å². The van der Waals surface area contributed by atoms with Gasteiger partial charge in [0.2, 0.25) is 5.91 Å². The highest BCUT2D eigenvalue weighted by molar-refractivity contribution is 7.89. The number of sulfonamides is 1. The molecule has 0 aliphatic carbocycles. The number of nitro benzene ring substituents is 1. The van der Waals surface area contributed by atoms with Crippen LogP contribution in [0.1, 0.15) is 0 Å². The number of methoxy groups -OCH3 is 1. The maximum absolute atomic E-state index is 11.7. The van der Waals surface area contributed by atoms with Gasteiger partial charge in [0, 0.05) is 6.07 Å². The number of carbonyl (C=O) groups is 1. The van der Waals surface area contributed by atoms with Crippen molar-refractivity contribution < 1.29 is 27.7 Å². The van der Waals surface area contributed by atoms with Crippen LogP contribution < -0.4 is 15.4 Å². The summed E-state index contributed by atoms with van der Waals surface area (Å²) < 4.78 is 28.2. The maximum Gasteiger partial charge on any atom is 0.312 e. The van der Waals surface area contributed by atoms with Crippen LogP contribution in [-0.4, -0.2) is 33.0 Å². The van der Waals surface area contributed by atoms with Gasteiger partial charge in [-0.05, 0) is 12.1 Å². The molecule has 0 aromatic heterocycles. The number of ether oxygens (including phenoxy) is 1. The Morgan fingerprint density at radius 3 is 2.65 bits per heavy atom. The summed E-state index contributed by atoms with van der Waals surface area (Å²) in [4.78, 5) is 26.0. The van der Waals surface area contributed by atoms with Crippen molar-refractivity contribution in [3.63, 3.8) is 0 Å². The molecule has 0 aliphatic heterocycles. The van der Waals surface area contributed by atoms with E-state index in [1.807, 2.05) is 0 Å². The molecule has 3 N–H and O–H groups in total. The minimum atomic E-state index is -4.18. The molecular formula is C9H11N3O7S. The topological polar surface area (TPSA) is 151 Å². The van der Waals surface area contributed by atoms with E-state index >= 15 is 0 Å². The molecule has 0 radical (unpaired) electrons. The summed E-state index contributed by atoms with van der Waals surface area (Å²) in [7, 11) is -2.96. The van der Waals surface area contributed by atoms with Gasteiger partial charge in [0.05, 0.1) is 16.9 Å². The number of carbonyl (C=O) groups excluding carboxylic acids is 1. The summed E-state index contributed by atoms with van der Waals surface area (Å²) in [5.74, 6) is -0.972. The Morgan fingerprint density at radius 1 is 1.50 bits per heavy atom. The van der Waals surface area contributed by atoms with Gasteiger partial charge in [-0.3, -0.25) is 19.7 Å². The zero-order valence-corrected chi connectivity index (χ0v) is 11.0. The lowest BCUT2D eigenvalue weighted by Crippen LogP contribution is -2.29. The number of amides is 1. The van der Waals surface area contributed by atoms with Crippen molar-refractivity contribution in [2.75, 3.05) is 13.7 Å². The smallest absolute Gasteiger partial charge is 0.312 e. The summed E-state index contributed by atoms with van der Waals surface area (Å²) in [6, 6.07) is 3.01. The number of primary amides is 1. The Balaban J connectivity index is 3.04. The second-order valence-electron chi connectivity index (χ2n) is 3.43. The molecule has 10 nitrogen and oxygen atoms in total. The number of rotatable bonds is 7. The molecule has 1 rings (SSSR count). The normalized spacial score (nSPS) is 11.1. The van der Waals surface area contributed by atoms with Crippen molar-refractivity contribution in [2.24, 2.45) is 5.73 Å². The fraction of sp³-hybridized carbons (Fsp3) is 0.222. The minimum Gasteiger partial charge on any atom is -0.490 e. The zero-order chi connectivity index (χ0) is 15.3. The van der Waals surface area contributed by atoms with E-state index in [0.717, 1.165) is 18.2 Å². The van der Waals surface area contributed by atoms with Gasteiger partial charge in [0.15, 0.2) is 5.75 Å². The first-order valence-electron chi connectivity index (χ1n) is 5.02. The Hall–Kier alpha value is -2.24. The number of nitrogens with two attached hydrogens (primary N) is 1. The first-order valence-corrected chi connectivity index (χ1v) is 6.50. The van der Waals surface area contributed by atoms with Crippen LogP contribution in [-0.2, 0) is 19.7 Å². The number of benzene rings is 1. The van der Waals surface area contributed by atoms with Crippen LogP contribution in [0.5, 0.6) is 5.75 Å². The summed E-state index contributed by atoms with van der Waals surface area (Å²) in [6.45, 7) is -0.669. The summed E-state index contributed by atoms with van der Waals surface area (Å²) in [5, 5.41) is 10.8. The largest absolute Gasteiger partial charge is 0.490 e. The van der Waals surface area contributed by atoms with Gasteiger partial charge in [0.1, 0.15) is 6.61 Å². The summed E-state index contributed by atoms with van der Waals surface area (Å²) in [6.07, 6.45) is 0. The molecule has 0 saturated heterocycles. The Morgan fingerprint density at radius 2 is 2.15 bits per heavy atom. The van der Waals surface area contributed by atoms with Gasteiger partial charge < -0.3 is 10.5 Å². The predicted molar refractivity (Wildman–Crippen MR) is 65.1 cm³/mol. The van der Waals surface area contributed by atoms with Gasteiger partial charge in [-0.2, -0.15) is 0 Å². The van der Waals surface area contributed by atoms with Crippen LogP contribution in [0.3, 0.4) is 0 Å². The number of nitro groups is 1. The summed E-state index contributed by atoms with van der Waals surface area (Å²) >= 11 is 0. The minimum absolute atomic E-state index is 0.0907. The number of nitrogens with one attached hydrogen (secondary N) is 1. The fourth-order valence-corrected chi connectivity index (χ4v) is 2.03. The Kier molecular flexibility index (Phi) is 4.96. The lowest BCUT2D eigenvalue weighted by molar-refractivity contribution is -0.386. The molecule has 1 aromatic carbocycles. The lowest BCUT2D eigenvalue weighted by Gasteiger charge is -2.07. The van der Waals surface area contributed by atoms with E-state index in [2.05, 4.69) is 4.84 Å². The van der Waals surface area contributed by atoms with Crippen molar-refractivity contribution in [3.8, 4) is 5.75 Å². The molecule has 1 amide bonds. The molecule has 0 spiro atoms. The van der Waals surface area contributed by atoms with Gasteiger partial charge in [-0.25, -0.2) is 8.42 Å². The molecular weight excluding hydrogens is 294 g/mol. The molecule has 0 unspecified atom stereocenters. The quantitative estimate of drug-likeness (QED) is 0.499. The van der Waals surface area contributed by atoms with Crippen LogP contribution in [0.2, 0.25) is 0 Å². The Bertz CT molecular complexity index is 628. The number of hydrogen-bond donors (Lipinski definition) is 2. The molecule has 11 heteroatoms. The Labute approximate surface area is 113 Å². The van der Waals surface area contributed by atoms with E-state index in [1.165, 1.54) is 7.11 Å². The third kappa shape index (κ3) is 3.88. The van der Waals surface area contributed by atoms with Crippen molar-refractivity contribution in [1.29, 1.82) is 0 Å². The van der Waals surface area contributed by atoms with Crippen molar-refractivity contribution in [2.45, 2.75) is 4.90 Å². The second kappa shape index (κ2) is 6.27. The van der Waals surface area contributed by atoms with E-state index in [0.29, 0.717) is 0 Å².